The molecule has 1 atom stereocenters. The predicted molar refractivity (Wildman–Crippen MR) is 76.9 cm³/mol. The lowest BCUT2D eigenvalue weighted by molar-refractivity contribution is -0.139. The minimum absolute atomic E-state index is 0.359. The maximum absolute atomic E-state index is 12.3. The zero-order chi connectivity index (χ0) is 15.4. The molecular formula is C15H17N3O3. The van der Waals surface area contributed by atoms with Gasteiger partial charge in [0.05, 0.1) is 5.69 Å². The maximum atomic E-state index is 12.3. The van der Waals surface area contributed by atoms with Gasteiger partial charge in [0.1, 0.15) is 5.69 Å². The normalized spacial score (nSPS) is 11.9. The van der Waals surface area contributed by atoms with Gasteiger partial charge < -0.3 is 10.4 Å². The molecule has 0 aliphatic rings. The Morgan fingerprint density at radius 1 is 1.33 bits per heavy atom. The fourth-order valence-electron chi connectivity index (χ4n) is 2.11. The zero-order valence-electron chi connectivity index (χ0n) is 11.9. The summed E-state index contributed by atoms with van der Waals surface area (Å²) in [6, 6.07) is 9.15. The van der Waals surface area contributed by atoms with Gasteiger partial charge in [-0.2, -0.15) is 5.10 Å². The van der Waals surface area contributed by atoms with Crippen LogP contribution in [0.3, 0.4) is 0 Å². The third-order valence-corrected chi connectivity index (χ3v) is 3.09. The number of carboxylic acids is 1. The lowest BCUT2D eigenvalue weighted by Gasteiger charge is -2.15. The van der Waals surface area contributed by atoms with E-state index >= 15 is 0 Å². The topological polar surface area (TPSA) is 84.2 Å². The first kappa shape index (κ1) is 14.8. The summed E-state index contributed by atoms with van der Waals surface area (Å²) >= 11 is 0. The number of rotatable bonds is 5. The fourth-order valence-corrected chi connectivity index (χ4v) is 2.11. The van der Waals surface area contributed by atoms with Crippen LogP contribution in [0.4, 0.5) is 0 Å². The number of hydrogen-bond acceptors (Lipinski definition) is 3. The van der Waals surface area contributed by atoms with Crippen molar-refractivity contribution in [3.63, 3.8) is 0 Å². The third-order valence-electron chi connectivity index (χ3n) is 3.09. The highest BCUT2D eigenvalue weighted by Gasteiger charge is 2.24. The highest BCUT2D eigenvalue weighted by atomic mass is 16.4. The molecule has 0 bridgehead atoms. The fraction of sp³-hybridized carbons (Fsp3) is 0.267. The molecule has 2 rings (SSSR count). The van der Waals surface area contributed by atoms with Crippen molar-refractivity contribution >= 4 is 11.9 Å². The van der Waals surface area contributed by atoms with Crippen molar-refractivity contribution in [2.45, 2.75) is 26.4 Å². The number of nitrogens with zero attached hydrogens (tertiary/aromatic N) is 2. The molecule has 1 aromatic heterocycles. The Balaban J connectivity index is 2.25. The van der Waals surface area contributed by atoms with Gasteiger partial charge in [0.25, 0.3) is 5.91 Å². The van der Waals surface area contributed by atoms with Gasteiger partial charge in [0, 0.05) is 6.54 Å². The molecule has 0 spiro atoms. The van der Waals surface area contributed by atoms with Crippen LogP contribution < -0.4 is 5.32 Å². The predicted octanol–water partition coefficient (Wildman–Crippen LogP) is 1.77. The zero-order valence-corrected chi connectivity index (χ0v) is 11.9. The van der Waals surface area contributed by atoms with Gasteiger partial charge in [-0.15, -0.1) is 0 Å². The lowest BCUT2D eigenvalue weighted by Crippen LogP contribution is -2.34. The Morgan fingerprint density at radius 2 is 2.00 bits per heavy atom. The number of carbonyl (C=O) groups excluding carboxylic acids is 1. The van der Waals surface area contributed by atoms with Gasteiger partial charge in [-0.05, 0) is 25.5 Å². The molecule has 1 heterocycles. The van der Waals surface area contributed by atoms with Crippen molar-refractivity contribution < 1.29 is 14.7 Å². The average Bonchev–Trinajstić information content (AvgIpc) is 2.86. The highest BCUT2D eigenvalue weighted by molar-refractivity contribution is 5.95. The molecule has 1 unspecified atom stereocenters. The van der Waals surface area contributed by atoms with E-state index in [9.17, 15) is 14.7 Å². The van der Waals surface area contributed by atoms with Crippen LogP contribution in [-0.4, -0.2) is 26.8 Å². The summed E-state index contributed by atoms with van der Waals surface area (Å²) in [4.78, 5) is 23.7. The second kappa shape index (κ2) is 6.21. The second-order valence-corrected chi connectivity index (χ2v) is 4.64. The van der Waals surface area contributed by atoms with Crippen molar-refractivity contribution in [1.82, 2.24) is 15.1 Å². The molecular weight excluding hydrogens is 270 g/mol. The van der Waals surface area contributed by atoms with Crippen LogP contribution >= 0.6 is 0 Å². The van der Waals surface area contributed by atoms with Crippen LogP contribution in [0.25, 0.3) is 0 Å². The molecule has 0 aliphatic carbocycles. The van der Waals surface area contributed by atoms with E-state index in [1.165, 1.54) is 0 Å². The molecule has 1 aromatic carbocycles. The van der Waals surface area contributed by atoms with Gasteiger partial charge in [-0.1, -0.05) is 30.3 Å². The number of nitrogens with one attached hydrogen (secondary N) is 1. The van der Waals surface area contributed by atoms with Crippen molar-refractivity contribution in [2.24, 2.45) is 0 Å². The second-order valence-electron chi connectivity index (χ2n) is 4.64. The molecule has 6 nitrogen and oxygen atoms in total. The van der Waals surface area contributed by atoms with E-state index < -0.39 is 17.9 Å². The van der Waals surface area contributed by atoms with Crippen LogP contribution in [0, 0.1) is 6.92 Å². The monoisotopic (exact) mass is 287 g/mol. The van der Waals surface area contributed by atoms with Crippen molar-refractivity contribution in [3.05, 3.63) is 53.3 Å². The number of hydrogen-bond donors (Lipinski definition) is 2. The molecule has 6 heteroatoms. The van der Waals surface area contributed by atoms with Gasteiger partial charge in [0.15, 0.2) is 6.04 Å². The van der Waals surface area contributed by atoms with Crippen LogP contribution in [0.15, 0.2) is 36.4 Å². The molecule has 2 aromatic rings. The lowest BCUT2D eigenvalue weighted by atomic mass is 10.1. The Labute approximate surface area is 122 Å². The molecule has 0 aliphatic heterocycles. The molecule has 0 fully saturated rings. The van der Waals surface area contributed by atoms with Crippen LogP contribution in [0.2, 0.25) is 0 Å². The number of aliphatic carboxylic acids is 1. The quantitative estimate of drug-likeness (QED) is 0.877. The summed E-state index contributed by atoms with van der Waals surface area (Å²) in [5, 5.41) is 16.0. The van der Waals surface area contributed by atoms with Crippen LogP contribution in [0.5, 0.6) is 0 Å². The molecule has 0 radical (unpaired) electrons. The summed E-state index contributed by atoms with van der Waals surface area (Å²) in [7, 11) is 0. The molecule has 110 valence electrons. The van der Waals surface area contributed by atoms with E-state index in [-0.39, 0.29) is 0 Å². The van der Waals surface area contributed by atoms with Gasteiger partial charge in [-0.25, -0.2) is 4.79 Å². The summed E-state index contributed by atoms with van der Waals surface area (Å²) < 4.78 is 1.55. The Kier molecular flexibility index (Phi) is 4.37. The summed E-state index contributed by atoms with van der Waals surface area (Å²) in [6.07, 6.45) is 0. The highest BCUT2D eigenvalue weighted by Crippen LogP contribution is 2.14. The smallest absolute Gasteiger partial charge is 0.330 e. The van der Waals surface area contributed by atoms with E-state index in [2.05, 4.69) is 10.4 Å². The largest absolute Gasteiger partial charge is 0.479 e. The average molecular weight is 287 g/mol. The summed E-state index contributed by atoms with van der Waals surface area (Å²) in [6.45, 7) is 4.20. The number of carbonyl (C=O) groups is 2. The SMILES string of the molecule is CCn1nc(C)cc1C(=O)NC(C(=O)O)c1ccccc1. The van der Waals surface area contributed by atoms with Gasteiger partial charge in [0.2, 0.25) is 0 Å². The molecule has 0 saturated carbocycles. The van der Waals surface area contributed by atoms with E-state index in [4.69, 9.17) is 0 Å². The standard InChI is InChI=1S/C15H17N3O3/c1-3-18-12(9-10(2)17-18)14(19)16-13(15(20)21)11-7-5-4-6-8-11/h4-9,13H,3H2,1-2H3,(H,16,19)(H,20,21). The first-order valence-electron chi connectivity index (χ1n) is 6.66. The molecule has 0 saturated heterocycles. The molecule has 1 amide bonds. The number of amides is 1. The van der Waals surface area contributed by atoms with Gasteiger partial charge in [-0.3, -0.25) is 9.48 Å². The van der Waals surface area contributed by atoms with Gasteiger partial charge >= 0.3 is 5.97 Å². The molecule has 2 N–H and O–H groups in total. The minimum atomic E-state index is -1.10. The number of aryl methyl sites for hydroxylation is 2. The van der Waals surface area contributed by atoms with E-state index in [1.54, 1.807) is 48.0 Å². The Bertz CT molecular complexity index is 649. The van der Waals surface area contributed by atoms with E-state index in [1.807, 2.05) is 6.92 Å². The minimum Gasteiger partial charge on any atom is -0.479 e. The van der Waals surface area contributed by atoms with Crippen molar-refractivity contribution in [1.29, 1.82) is 0 Å². The Hall–Kier alpha value is -2.63. The summed E-state index contributed by atoms with van der Waals surface area (Å²) in [5.74, 6) is -1.55. The first-order chi connectivity index (χ1) is 10.0. The van der Waals surface area contributed by atoms with Crippen LogP contribution in [-0.2, 0) is 11.3 Å². The Morgan fingerprint density at radius 3 is 2.57 bits per heavy atom. The van der Waals surface area contributed by atoms with Crippen molar-refractivity contribution in [2.75, 3.05) is 0 Å². The summed E-state index contributed by atoms with van der Waals surface area (Å²) in [5.41, 5.74) is 1.60. The number of benzene rings is 1. The number of aromatic nitrogens is 2. The van der Waals surface area contributed by atoms with E-state index in [0.717, 1.165) is 0 Å². The number of carboxylic acid groups (broad SMARTS) is 1. The first-order valence-corrected chi connectivity index (χ1v) is 6.66. The van der Waals surface area contributed by atoms with E-state index in [0.29, 0.717) is 23.5 Å². The third kappa shape index (κ3) is 3.28. The molecule has 21 heavy (non-hydrogen) atoms. The van der Waals surface area contributed by atoms with Crippen molar-refractivity contribution in [3.8, 4) is 0 Å². The van der Waals surface area contributed by atoms with Crippen LogP contribution in [0.1, 0.15) is 34.7 Å². The maximum Gasteiger partial charge on any atom is 0.330 e.